The maximum absolute atomic E-state index is 5.66. The fraction of sp³-hybridized carbons (Fsp3) is 0.385. The minimum atomic E-state index is 0.560. The van der Waals surface area contributed by atoms with E-state index in [-0.39, 0.29) is 0 Å². The topological polar surface area (TPSA) is 56.7 Å². The monoisotopic (exact) mass is 230 g/mol. The second-order valence-corrected chi connectivity index (χ2v) is 4.32. The molecule has 90 valence electrons. The number of anilines is 1. The first-order valence-electron chi connectivity index (χ1n) is 5.88. The Labute approximate surface area is 101 Å². The van der Waals surface area contributed by atoms with Crippen LogP contribution in [0.4, 0.5) is 5.82 Å². The Morgan fingerprint density at radius 1 is 1.29 bits per heavy atom. The predicted octanol–water partition coefficient (Wildman–Crippen LogP) is 2.55. The molecule has 0 aliphatic carbocycles. The molecule has 0 aliphatic heterocycles. The lowest BCUT2D eigenvalue weighted by molar-refractivity contribution is 0.598. The summed E-state index contributed by atoms with van der Waals surface area (Å²) in [6, 6.07) is 1.89. The minimum absolute atomic E-state index is 0.560. The van der Waals surface area contributed by atoms with Gasteiger partial charge in [0.05, 0.1) is 5.69 Å². The quantitative estimate of drug-likeness (QED) is 0.881. The van der Waals surface area contributed by atoms with Gasteiger partial charge < -0.3 is 5.73 Å². The molecule has 0 fully saturated rings. The molecule has 0 saturated carbocycles. The van der Waals surface area contributed by atoms with Gasteiger partial charge in [-0.25, -0.2) is 4.98 Å². The highest BCUT2D eigenvalue weighted by Crippen LogP contribution is 2.26. The van der Waals surface area contributed by atoms with Crippen LogP contribution in [0.15, 0.2) is 18.5 Å². The SMILES string of the molecule is CCCn1cc(-c2cnc(N)cc2C)c(C)n1. The molecular weight excluding hydrogens is 212 g/mol. The van der Waals surface area contributed by atoms with Crippen LogP contribution in [0.25, 0.3) is 11.1 Å². The smallest absolute Gasteiger partial charge is 0.123 e. The molecule has 0 aliphatic rings. The van der Waals surface area contributed by atoms with E-state index in [1.165, 1.54) is 0 Å². The average molecular weight is 230 g/mol. The Kier molecular flexibility index (Phi) is 3.13. The van der Waals surface area contributed by atoms with Crippen molar-refractivity contribution in [1.82, 2.24) is 14.8 Å². The van der Waals surface area contributed by atoms with Crippen LogP contribution >= 0.6 is 0 Å². The minimum Gasteiger partial charge on any atom is -0.384 e. The predicted molar refractivity (Wildman–Crippen MR) is 69.6 cm³/mol. The largest absolute Gasteiger partial charge is 0.384 e. The molecule has 4 heteroatoms. The van der Waals surface area contributed by atoms with Crippen LogP contribution in [0.5, 0.6) is 0 Å². The number of rotatable bonds is 3. The van der Waals surface area contributed by atoms with E-state index in [9.17, 15) is 0 Å². The second-order valence-electron chi connectivity index (χ2n) is 4.32. The summed E-state index contributed by atoms with van der Waals surface area (Å²) < 4.78 is 1.99. The maximum Gasteiger partial charge on any atom is 0.123 e. The van der Waals surface area contributed by atoms with Crippen molar-refractivity contribution in [2.45, 2.75) is 33.7 Å². The number of aromatic nitrogens is 3. The molecule has 2 heterocycles. The summed E-state index contributed by atoms with van der Waals surface area (Å²) in [7, 11) is 0. The first-order valence-corrected chi connectivity index (χ1v) is 5.88. The van der Waals surface area contributed by atoms with Crippen LogP contribution in [0.3, 0.4) is 0 Å². The molecule has 2 aromatic rings. The molecule has 0 saturated heterocycles. The van der Waals surface area contributed by atoms with Crippen molar-refractivity contribution in [2.75, 3.05) is 5.73 Å². The Balaban J connectivity index is 2.45. The lowest BCUT2D eigenvalue weighted by Crippen LogP contribution is -1.96. The van der Waals surface area contributed by atoms with Crippen molar-refractivity contribution in [3.8, 4) is 11.1 Å². The van der Waals surface area contributed by atoms with Crippen LogP contribution in [-0.4, -0.2) is 14.8 Å². The molecule has 0 atom stereocenters. The fourth-order valence-electron chi connectivity index (χ4n) is 1.99. The zero-order valence-corrected chi connectivity index (χ0v) is 10.6. The number of hydrogen-bond donors (Lipinski definition) is 1. The van der Waals surface area contributed by atoms with Gasteiger partial charge in [0.25, 0.3) is 0 Å². The summed E-state index contributed by atoms with van der Waals surface area (Å²) in [5.41, 5.74) is 10.1. The number of aryl methyl sites for hydroxylation is 3. The number of nitrogens with two attached hydrogens (primary N) is 1. The Hall–Kier alpha value is -1.84. The molecule has 2 rings (SSSR count). The summed E-state index contributed by atoms with van der Waals surface area (Å²) in [5, 5.41) is 4.50. The van der Waals surface area contributed by atoms with Crippen molar-refractivity contribution in [3.63, 3.8) is 0 Å². The molecule has 17 heavy (non-hydrogen) atoms. The van der Waals surface area contributed by atoms with Crippen LogP contribution in [0.1, 0.15) is 24.6 Å². The van der Waals surface area contributed by atoms with Crippen molar-refractivity contribution in [1.29, 1.82) is 0 Å². The van der Waals surface area contributed by atoms with E-state index < -0.39 is 0 Å². The van der Waals surface area contributed by atoms with E-state index in [1.807, 2.05) is 30.8 Å². The van der Waals surface area contributed by atoms with Gasteiger partial charge in [0.2, 0.25) is 0 Å². The van der Waals surface area contributed by atoms with E-state index in [0.717, 1.165) is 35.3 Å². The van der Waals surface area contributed by atoms with E-state index in [2.05, 4.69) is 23.2 Å². The van der Waals surface area contributed by atoms with Gasteiger partial charge >= 0.3 is 0 Å². The highest BCUT2D eigenvalue weighted by atomic mass is 15.3. The van der Waals surface area contributed by atoms with Gasteiger partial charge in [0.15, 0.2) is 0 Å². The van der Waals surface area contributed by atoms with Gasteiger partial charge in [-0.3, -0.25) is 4.68 Å². The normalized spacial score (nSPS) is 10.8. The van der Waals surface area contributed by atoms with Crippen molar-refractivity contribution >= 4 is 5.82 Å². The number of nitrogens with zero attached hydrogens (tertiary/aromatic N) is 3. The maximum atomic E-state index is 5.66. The number of hydrogen-bond acceptors (Lipinski definition) is 3. The van der Waals surface area contributed by atoms with Gasteiger partial charge in [-0.15, -0.1) is 0 Å². The lowest BCUT2D eigenvalue weighted by Gasteiger charge is -2.04. The second kappa shape index (κ2) is 4.57. The van der Waals surface area contributed by atoms with Gasteiger partial charge in [0, 0.05) is 30.1 Å². The van der Waals surface area contributed by atoms with Crippen molar-refractivity contribution < 1.29 is 0 Å². The lowest BCUT2D eigenvalue weighted by atomic mass is 10.0. The highest BCUT2D eigenvalue weighted by molar-refractivity contribution is 5.68. The standard InChI is InChI=1S/C13H18N4/c1-4-5-17-8-12(10(3)16-17)11-7-15-13(14)6-9(11)2/h6-8H,4-5H2,1-3H3,(H2,14,15). The summed E-state index contributed by atoms with van der Waals surface area (Å²) >= 11 is 0. The van der Waals surface area contributed by atoms with Gasteiger partial charge in [-0.05, 0) is 31.9 Å². The highest BCUT2D eigenvalue weighted by Gasteiger charge is 2.10. The molecule has 2 N–H and O–H groups in total. The van der Waals surface area contributed by atoms with E-state index in [1.54, 1.807) is 0 Å². The average Bonchev–Trinajstić information content (AvgIpc) is 2.60. The molecular formula is C13H18N4. The fourth-order valence-corrected chi connectivity index (χ4v) is 1.99. The zero-order chi connectivity index (χ0) is 12.4. The van der Waals surface area contributed by atoms with Crippen LogP contribution < -0.4 is 5.73 Å². The van der Waals surface area contributed by atoms with E-state index in [0.29, 0.717) is 5.82 Å². The third-order valence-corrected chi connectivity index (χ3v) is 2.82. The summed E-state index contributed by atoms with van der Waals surface area (Å²) in [4.78, 5) is 4.15. The molecule has 0 bridgehead atoms. The number of nitrogen functional groups attached to an aromatic ring is 1. The van der Waals surface area contributed by atoms with Crippen LogP contribution in [0, 0.1) is 13.8 Å². The van der Waals surface area contributed by atoms with E-state index >= 15 is 0 Å². The van der Waals surface area contributed by atoms with Gasteiger partial charge in [0.1, 0.15) is 5.82 Å². The van der Waals surface area contributed by atoms with Crippen molar-refractivity contribution in [2.24, 2.45) is 0 Å². The van der Waals surface area contributed by atoms with Gasteiger partial charge in [-0.2, -0.15) is 5.10 Å². The van der Waals surface area contributed by atoms with Crippen molar-refractivity contribution in [3.05, 3.63) is 29.7 Å². The van der Waals surface area contributed by atoms with Crippen LogP contribution in [-0.2, 0) is 6.54 Å². The molecule has 2 aromatic heterocycles. The molecule has 0 unspecified atom stereocenters. The molecule has 0 amide bonds. The Morgan fingerprint density at radius 2 is 2.06 bits per heavy atom. The Bertz CT molecular complexity index is 528. The number of pyridine rings is 1. The molecule has 0 radical (unpaired) electrons. The summed E-state index contributed by atoms with van der Waals surface area (Å²) in [6.45, 7) is 7.16. The molecule has 0 spiro atoms. The van der Waals surface area contributed by atoms with Gasteiger partial charge in [-0.1, -0.05) is 6.92 Å². The summed E-state index contributed by atoms with van der Waals surface area (Å²) in [6.07, 6.45) is 4.99. The zero-order valence-electron chi connectivity index (χ0n) is 10.6. The Morgan fingerprint density at radius 3 is 2.71 bits per heavy atom. The first-order chi connectivity index (χ1) is 8.11. The summed E-state index contributed by atoms with van der Waals surface area (Å²) in [5.74, 6) is 0.560. The van der Waals surface area contributed by atoms with Crippen LogP contribution in [0.2, 0.25) is 0 Å². The third-order valence-electron chi connectivity index (χ3n) is 2.82. The first kappa shape index (κ1) is 11.6. The molecule has 0 aromatic carbocycles. The molecule has 4 nitrogen and oxygen atoms in total. The third kappa shape index (κ3) is 2.30. The van der Waals surface area contributed by atoms with E-state index in [4.69, 9.17) is 5.73 Å².